The van der Waals surface area contributed by atoms with Crippen molar-refractivity contribution in [1.29, 1.82) is 0 Å². The van der Waals surface area contributed by atoms with Crippen molar-refractivity contribution in [3.63, 3.8) is 0 Å². The van der Waals surface area contributed by atoms with Crippen molar-refractivity contribution in [2.45, 2.75) is 0 Å². The number of nitrogens with zero attached hydrogens (tertiary/aromatic N) is 1. The second-order valence-electron chi connectivity index (χ2n) is 4.07. The third-order valence-corrected chi connectivity index (χ3v) is 3.32. The van der Waals surface area contributed by atoms with Gasteiger partial charge in [0.1, 0.15) is 5.69 Å². The fourth-order valence-corrected chi connectivity index (χ4v) is 2.34. The third-order valence-electron chi connectivity index (χ3n) is 2.78. The van der Waals surface area contributed by atoms with Gasteiger partial charge in [-0.2, -0.15) is 0 Å². The quantitative estimate of drug-likeness (QED) is 0.638. The smallest absolute Gasteiger partial charge is 0.167 e. The topological polar surface area (TPSA) is 26.0 Å². The van der Waals surface area contributed by atoms with Crippen molar-refractivity contribution in [3.05, 3.63) is 64.6 Å². The van der Waals surface area contributed by atoms with E-state index in [9.17, 15) is 0 Å². The zero-order valence-electron chi connectivity index (χ0n) is 9.81. The van der Waals surface area contributed by atoms with Crippen LogP contribution >= 0.6 is 23.2 Å². The van der Waals surface area contributed by atoms with Crippen molar-refractivity contribution in [2.75, 3.05) is 0 Å². The van der Waals surface area contributed by atoms with Gasteiger partial charge in [-0.05, 0) is 18.2 Å². The van der Waals surface area contributed by atoms with Crippen molar-refractivity contribution < 1.29 is 4.52 Å². The standard InChI is InChI=1S/C15H9Cl2NO/c16-11-6-7-12(13(17)8-11)14-9-15(19-18-14)10-4-2-1-3-5-10/h1-9H. The number of hydrogen-bond acceptors (Lipinski definition) is 2. The van der Waals surface area contributed by atoms with E-state index in [1.165, 1.54) is 0 Å². The highest BCUT2D eigenvalue weighted by atomic mass is 35.5. The highest BCUT2D eigenvalue weighted by molar-refractivity contribution is 6.36. The van der Waals surface area contributed by atoms with Gasteiger partial charge in [0.05, 0.1) is 5.02 Å². The number of benzene rings is 2. The van der Waals surface area contributed by atoms with E-state index >= 15 is 0 Å². The Bertz CT molecular complexity index is 707. The molecule has 0 aliphatic heterocycles. The Kier molecular flexibility index (Phi) is 3.28. The zero-order valence-corrected chi connectivity index (χ0v) is 11.3. The highest BCUT2D eigenvalue weighted by Gasteiger charge is 2.11. The molecule has 0 unspecified atom stereocenters. The summed E-state index contributed by atoms with van der Waals surface area (Å²) in [4.78, 5) is 0. The maximum Gasteiger partial charge on any atom is 0.167 e. The molecular formula is C15H9Cl2NO. The Morgan fingerprint density at radius 3 is 2.42 bits per heavy atom. The molecule has 2 nitrogen and oxygen atoms in total. The summed E-state index contributed by atoms with van der Waals surface area (Å²) in [6, 6.07) is 17.0. The molecule has 0 aliphatic rings. The Morgan fingerprint density at radius 1 is 0.895 bits per heavy atom. The maximum absolute atomic E-state index is 6.15. The number of aromatic nitrogens is 1. The van der Waals surface area contributed by atoms with Gasteiger partial charge in [0.2, 0.25) is 0 Å². The normalized spacial score (nSPS) is 10.6. The van der Waals surface area contributed by atoms with Gasteiger partial charge >= 0.3 is 0 Å². The molecule has 94 valence electrons. The summed E-state index contributed by atoms with van der Waals surface area (Å²) >= 11 is 12.0. The second kappa shape index (κ2) is 5.08. The van der Waals surface area contributed by atoms with E-state index in [2.05, 4.69) is 5.16 Å². The first-order valence-electron chi connectivity index (χ1n) is 5.71. The van der Waals surface area contributed by atoms with Crippen LogP contribution in [-0.4, -0.2) is 5.16 Å². The SMILES string of the molecule is Clc1ccc(-c2cc(-c3ccccc3)on2)c(Cl)c1. The van der Waals surface area contributed by atoms with Gasteiger partial charge in [-0.15, -0.1) is 0 Å². The van der Waals surface area contributed by atoms with Gasteiger partial charge in [-0.3, -0.25) is 0 Å². The lowest BCUT2D eigenvalue weighted by molar-refractivity contribution is 0.435. The molecule has 3 rings (SSSR count). The van der Waals surface area contributed by atoms with Crippen LogP contribution in [-0.2, 0) is 0 Å². The Hall–Kier alpha value is -1.77. The van der Waals surface area contributed by atoms with E-state index in [1.807, 2.05) is 42.5 Å². The molecule has 1 aromatic heterocycles. The van der Waals surface area contributed by atoms with Gasteiger partial charge in [0, 0.05) is 22.2 Å². The summed E-state index contributed by atoms with van der Waals surface area (Å²) in [5.41, 5.74) is 2.48. The minimum Gasteiger partial charge on any atom is -0.356 e. The van der Waals surface area contributed by atoms with E-state index in [-0.39, 0.29) is 0 Å². The molecule has 0 aliphatic carbocycles. The highest BCUT2D eigenvalue weighted by Crippen LogP contribution is 2.32. The average Bonchev–Trinajstić information content (AvgIpc) is 2.89. The molecular weight excluding hydrogens is 281 g/mol. The third kappa shape index (κ3) is 2.50. The van der Waals surface area contributed by atoms with E-state index in [0.717, 1.165) is 11.1 Å². The van der Waals surface area contributed by atoms with Crippen LogP contribution in [0.2, 0.25) is 10.0 Å². The molecule has 3 aromatic rings. The Morgan fingerprint density at radius 2 is 1.68 bits per heavy atom. The van der Waals surface area contributed by atoms with E-state index < -0.39 is 0 Å². The lowest BCUT2D eigenvalue weighted by Crippen LogP contribution is -1.78. The molecule has 0 spiro atoms. The predicted octanol–water partition coefficient (Wildman–Crippen LogP) is 5.32. The first-order valence-corrected chi connectivity index (χ1v) is 6.47. The minimum absolute atomic E-state index is 0.556. The van der Waals surface area contributed by atoms with Crippen LogP contribution in [0.4, 0.5) is 0 Å². The van der Waals surface area contributed by atoms with Crippen LogP contribution < -0.4 is 0 Å². The summed E-state index contributed by atoms with van der Waals surface area (Å²) in [7, 11) is 0. The van der Waals surface area contributed by atoms with Crippen LogP contribution in [0.3, 0.4) is 0 Å². The first kappa shape index (κ1) is 12.3. The van der Waals surface area contributed by atoms with E-state index in [1.54, 1.807) is 12.1 Å². The second-order valence-corrected chi connectivity index (χ2v) is 4.91. The fraction of sp³-hybridized carbons (Fsp3) is 0. The van der Waals surface area contributed by atoms with Crippen LogP contribution in [0.1, 0.15) is 0 Å². The van der Waals surface area contributed by atoms with Gasteiger partial charge in [0.15, 0.2) is 5.76 Å². The predicted molar refractivity (Wildman–Crippen MR) is 77.4 cm³/mol. The Balaban J connectivity index is 2.02. The number of rotatable bonds is 2. The van der Waals surface area contributed by atoms with Crippen LogP contribution in [0, 0.1) is 0 Å². The van der Waals surface area contributed by atoms with Crippen molar-refractivity contribution in [1.82, 2.24) is 5.16 Å². The van der Waals surface area contributed by atoms with E-state index in [0.29, 0.717) is 21.5 Å². The van der Waals surface area contributed by atoms with Gasteiger partial charge < -0.3 is 4.52 Å². The maximum atomic E-state index is 6.15. The molecule has 0 saturated carbocycles. The van der Waals surface area contributed by atoms with Crippen molar-refractivity contribution in [2.24, 2.45) is 0 Å². The minimum atomic E-state index is 0.556. The molecule has 4 heteroatoms. The molecule has 0 radical (unpaired) electrons. The molecule has 19 heavy (non-hydrogen) atoms. The molecule has 0 N–H and O–H groups in total. The van der Waals surface area contributed by atoms with Gasteiger partial charge in [-0.25, -0.2) is 0 Å². The molecule has 1 heterocycles. The van der Waals surface area contributed by atoms with E-state index in [4.69, 9.17) is 27.7 Å². The largest absolute Gasteiger partial charge is 0.356 e. The summed E-state index contributed by atoms with van der Waals surface area (Å²) in [5.74, 6) is 0.710. The molecule has 0 saturated heterocycles. The molecule has 0 bridgehead atoms. The summed E-state index contributed by atoms with van der Waals surface area (Å²) in [6.07, 6.45) is 0. The molecule has 2 aromatic carbocycles. The van der Waals surface area contributed by atoms with Crippen LogP contribution in [0.15, 0.2) is 59.1 Å². The summed E-state index contributed by atoms with van der Waals surface area (Å²) < 4.78 is 5.35. The lowest BCUT2D eigenvalue weighted by atomic mass is 10.1. The van der Waals surface area contributed by atoms with Crippen molar-refractivity contribution in [3.8, 4) is 22.6 Å². The lowest BCUT2D eigenvalue weighted by Gasteiger charge is -1.99. The molecule has 0 amide bonds. The zero-order chi connectivity index (χ0) is 13.2. The monoisotopic (exact) mass is 289 g/mol. The fourth-order valence-electron chi connectivity index (χ4n) is 1.84. The average molecular weight is 290 g/mol. The molecule has 0 atom stereocenters. The molecule has 0 fully saturated rings. The number of halogens is 2. The summed E-state index contributed by atoms with van der Waals surface area (Å²) in [5, 5.41) is 5.20. The number of hydrogen-bond donors (Lipinski definition) is 0. The van der Waals surface area contributed by atoms with Gasteiger partial charge in [0.25, 0.3) is 0 Å². The summed E-state index contributed by atoms with van der Waals surface area (Å²) in [6.45, 7) is 0. The Labute approximate surface area is 120 Å². The van der Waals surface area contributed by atoms with Crippen LogP contribution in [0.5, 0.6) is 0 Å². The van der Waals surface area contributed by atoms with Crippen LogP contribution in [0.25, 0.3) is 22.6 Å². The van der Waals surface area contributed by atoms with Crippen molar-refractivity contribution >= 4 is 23.2 Å². The van der Waals surface area contributed by atoms with Gasteiger partial charge in [-0.1, -0.05) is 58.7 Å². The first-order chi connectivity index (χ1) is 9.24.